The second-order valence-corrected chi connectivity index (χ2v) is 5.90. The summed E-state index contributed by atoms with van der Waals surface area (Å²) >= 11 is 1.69. The topological polar surface area (TPSA) is 22.0 Å². The standard InChI is InChI=1S/C18H13NOS/c20-11-16-5-6-18-17(15-7-8-21-12-15)9-13-3-1-2-4-14(13)10-19(16)18/h1-9,11-12H,10H2. The van der Waals surface area contributed by atoms with Crippen LogP contribution in [-0.2, 0) is 6.54 Å². The average molecular weight is 291 g/mol. The van der Waals surface area contributed by atoms with Gasteiger partial charge in [-0.15, -0.1) is 0 Å². The van der Waals surface area contributed by atoms with Crippen LogP contribution in [-0.4, -0.2) is 10.9 Å². The summed E-state index contributed by atoms with van der Waals surface area (Å²) in [6, 6.07) is 14.4. The summed E-state index contributed by atoms with van der Waals surface area (Å²) in [5, 5.41) is 4.23. The van der Waals surface area contributed by atoms with Crippen LogP contribution >= 0.6 is 11.3 Å². The van der Waals surface area contributed by atoms with Gasteiger partial charge in [0.1, 0.15) is 0 Å². The van der Waals surface area contributed by atoms with E-state index in [0.29, 0.717) is 0 Å². The first-order valence-electron chi connectivity index (χ1n) is 6.84. The third kappa shape index (κ3) is 1.98. The van der Waals surface area contributed by atoms with E-state index in [9.17, 15) is 4.79 Å². The predicted molar refractivity (Wildman–Crippen MR) is 86.7 cm³/mol. The molecule has 0 spiro atoms. The van der Waals surface area contributed by atoms with Crippen LogP contribution in [0.3, 0.4) is 0 Å². The van der Waals surface area contributed by atoms with Crippen molar-refractivity contribution < 1.29 is 4.79 Å². The van der Waals surface area contributed by atoms with Gasteiger partial charge in [-0.1, -0.05) is 24.3 Å². The van der Waals surface area contributed by atoms with E-state index in [0.717, 1.165) is 24.2 Å². The number of hydrogen-bond acceptors (Lipinski definition) is 2. The van der Waals surface area contributed by atoms with Crippen LogP contribution in [0.25, 0.3) is 11.6 Å². The van der Waals surface area contributed by atoms with E-state index in [1.54, 1.807) is 11.3 Å². The van der Waals surface area contributed by atoms with Crippen LogP contribution in [0.5, 0.6) is 0 Å². The highest BCUT2D eigenvalue weighted by molar-refractivity contribution is 7.08. The summed E-state index contributed by atoms with van der Waals surface area (Å²) in [7, 11) is 0. The number of aldehydes is 1. The molecule has 3 heterocycles. The van der Waals surface area contributed by atoms with Crippen LogP contribution in [0, 0.1) is 0 Å². The van der Waals surface area contributed by atoms with Crippen LogP contribution in [0.2, 0.25) is 0 Å². The van der Waals surface area contributed by atoms with Crippen molar-refractivity contribution in [1.82, 2.24) is 4.57 Å². The van der Waals surface area contributed by atoms with Crippen LogP contribution in [0.15, 0.2) is 53.2 Å². The second kappa shape index (κ2) is 4.86. The lowest BCUT2D eigenvalue weighted by molar-refractivity contribution is 0.111. The predicted octanol–water partition coefficient (Wildman–Crippen LogP) is 4.31. The van der Waals surface area contributed by atoms with Crippen LogP contribution < -0.4 is 0 Å². The fraction of sp³-hybridized carbons (Fsp3) is 0.0556. The molecule has 4 rings (SSSR count). The molecule has 1 aliphatic heterocycles. The summed E-state index contributed by atoms with van der Waals surface area (Å²) in [6.07, 6.45) is 3.16. The summed E-state index contributed by atoms with van der Waals surface area (Å²) in [5.41, 5.74) is 6.67. The molecule has 21 heavy (non-hydrogen) atoms. The number of carbonyl (C=O) groups excluding carboxylic acids is 1. The van der Waals surface area contributed by atoms with Crippen molar-refractivity contribution in [3.05, 3.63) is 81.3 Å². The number of hydrogen-bond donors (Lipinski definition) is 0. The van der Waals surface area contributed by atoms with E-state index in [1.807, 2.05) is 18.2 Å². The van der Waals surface area contributed by atoms with Gasteiger partial charge in [0.15, 0.2) is 6.29 Å². The molecular formula is C18H13NOS. The van der Waals surface area contributed by atoms with E-state index in [2.05, 4.69) is 45.7 Å². The summed E-state index contributed by atoms with van der Waals surface area (Å²) in [4.78, 5) is 11.3. The third-order valence-electron chi connectivity index (χ3n) is 3.93. The fourth-order valence-corrected chi connectivity index (χ4v) is 3.52. The molecule has 1 aliphatic rings. The average Bonchev–Trinajstić information content (AvgIpc) is 3.14. The quantitative estimate of drug-likeness (QED) is 0.504. The minimum absolute atomic E-state index is 0.725. The molecule has 3 aromatic rings. The van der Waals surface area contributed by atoms with E-state index in [-0.39, 0.29) is 0 Å². The molecule has 0 aliphatic carbocycles. The molecule has 102 valence electrons. The first-order valence-corrected chi connectivity index (χ1v) is 7.78. The Morgan fingerprint density at radius 3 is 2.81 bits per heavy atom. The zero-order valence-corrected chi connectivity index (χ0v) is 12.1. The van der Waals surface area contributed by atoms with Crippen molar-refractivity contribution in [2.45, 2.75) is 6.54 Å². The van der Waals surface area contributed by atoms with E-state index >= 15 is 0 Å². The van der Waals surface area contributed by atoms with Crippen LogP contribution in [0.1, 0.15) is 32.9 Å². The minimum Gasteiger partial charge on any atom is -0.334 e. The molecule has 0 unspecified atom stereocenters. The molecule has 0 radical (unpaired) electrons. The van der Waals surface area contributed by atoms with Crippen molar-refractivity contribution >= 4 is 29.3 Å². The van der Waals surface area contributed by atoms with Crippen molar-refractivity contribution in [1.29, 1.82) is 0 Å². The van der Waals surface area contributed by atoms with Gasteiger partial charge in [-0.3, -0.25) is 4.79 Å². The van der Waals surface area contributed by atoms with E-state index in [4.69, 9.17) is 0 Å². The molecule has 0 saturated carbocycles. The molecule has 1 aromatic carbocycles. The number of thiophene rings is 1. The zero-order valence-electron chi connectivity index (χ0n) is 11.3. The van der Waals surface area contributed by atoms with Gasteiger partial charge in [-0.05, 0) is 51.7 Å². The smallest absolute Gasteiger partial charge is 0.166 e. The maximum Gasteiger partial charge on any atom is 0.166 e. The maximum absolute atomic E-state index is 11.3. The van der Waals surface area contributed by atoms with Gasteiger partial charge in [0.25, 0.3) is 0 Å². The SMILES string of the molecule is O=Cc1ccc2n1Cc1ccccc1C=C2c1ccsc1. The number of nitrogens with zero attached hydrogens (tertiary/aromatic N) is 1. The van der Waals surface area contributed by atoms with Crippen molar-refractivity contribution in [2.75, 3.05) is 0 Å². The summed E-state index contributed by atoms with van der Waals surface area (Å²) in [5.74, 6) is 0. The highest BCUT2D eigenvalue weighted by Crippen LogP contribution is 2.33. The Morgan fingerprint density at radius 1 is 1.10 bits per heavy atom. The molecule has 0 amide bonds. The Morgan fingerprint density at radius 2 is 2.00 bits per heavy atom. The van der Waals surface area contributed by atoms with Gasteiger partial charge >= 0.3 is 0 Å². The molecule has 0 atom stereocenters. The summed E-state index contributed by atoms with van der Waals surface area (Å²) < 4.78 is 2.10. The van der Waals surface area contributed by atoms with Crippen LogP contribution in [0.4, 0.5) is 0 Å². The number of carbonyl (C=O) groups is 1. The monoisotopic (exact) mass is 291 g/mol. The number of fused-ring (bicyclic) bond motifs is 2. The minimum atomic E-state index is 0.725. The van der Waals surface area contributed by atoms with Crippen molar-refractivity contribution in [3.63, 3.8) is 0 Å². The lowest BCUT2D eigenvalue weighted by Gasteiger charge is -2.10. The second-order valence-electron chi connectivity index (χ2n) is 5.12. The lowest BCUT2D eigenvalue weighted by atomic mass is 10.0. The van der Waals surface area contributed by atoms with Gasteiger partial charge in [0.05, 0.1) is 5.69 Å². The fourth-order valence-electron chi connectivity index (χ4n) is 2.87. The molecule has 0 N–H and O–H groups in total. The Kier molecular flexibility index (Phi) is 2.86. The molecule has 0 fully saturated rings. The van der Waals surface area contributed by atoms with Gasteiger partial charge in [0.2, 0.25) is 0 Å². The molecule has 2 aromatic heterocycles. The van der Waals surface area contributed by atoms with Gasteiger partial charge in [0, 0.05) is 17.8 Å². The molecule has 3 heteroatoms. The first kappa shape index (κ1) is 12.4. The van der Waals surface area contributed by atoms with E-state index in [1.165, 1.54) is 22.3 Å². The highest BCUT2D eigenvalue weighted by atomic mass is 32.1. The normalized spacial score (nSPS) is 13.0. The number of benzene rings is 1. The van der Waals surface area contributed by atoms with E-state index < -0.39 is 0 Å². The molecular weight excluding hydrogens is 278 g/mol. The summed E-state index contributed by atoms with van der Waals surface area (Å²) in [6.45, 7) is 0.733. The zero-order chi connectivity index (χ0) is 14.2. The molecule has 0 saturated heterocycles. The van der Waals surface area contributed by atoms with Gasteiger partial charge < -0.3 is 4.57 Å². The Labute approximate surface area is 127 Å². The highest BCUT2D eigenvalue weighted by Gasteiger charge is 2.18. The maximum atomic E-state index is 11.3. The Balaban J connectivity index is 2.02. The first-order chi connectivity index (χ1) is 10.4. The Hall–Kier alpha value is -2.39. The van der Waals surface area contributed by atoms with Crippen molar-refractivity contribution in [2.24, 2.45) is 0 Å². The van der Waals surface area contributed by atoms with Gasteiger partial charge in [-0.25, -0.2) is 0 Å². The number of rotatable bonds is 2. The van der Waals surface area contributed by atoms with Crippen molar-refractivity contribution in [3.8, 4) is 0 Å². The van der Waals surface area contributed by atoms with Gasteiger partial charge in [-0.2, -0.15) is 11.3 Å². The lowest BCUT2D eigenvalue weighted by Crippen LogP contribution is -2.06. The molecule has 0 bridgehead atoms. The third-order valence-corrected chi connectivity index (χ3v) is 4.61. The molecule has 2 nitrogen and oxygen atoms in total. The Bertz CT molecular complexity index is 840. The largest absolute Gasteiger partial charge is 0.334 e. The number of aromatic nitrogens is 1.